The second-order valence-electron chi connectivity index (χ2n) is 3.94. The molecule has 3 rings (SSSR count). The van der Waals surface area contributed by atoms with Crippen LogP contribution in [0.5, 0.6) is 0 Å². The Morgan fingerprint density at radius 1 is 1.22 bits per heavy atom. The van der Waals surface area contributed by atoms with Gasteiger partial charge in [0, 0.05) is 5.56 Å². The van der Waals surface area contributed by atoms with Gasteiger partial charge in [0.25, 0.3) is 5.78 Å². The molecule has 2 N–H and O–H groups in total. The summed E-state index contributed by atoms with van der Waals surface area (Å²) in [6.07, 6.45) is 1.40. The first-order valence-corrected chi connectivity index (χ1v) is 5.38. The van der Waals surface area contributed by atoms with Gasteiger partial charge in [-0.05, 0) is 24.6 Å². The fourth-order valence-corrected chi connectivity index (χ4v) is 1.95. The van der Waals surface area contributed by atoms with E-state index < -0.39 is 0 Å². The molecule has 0 aliphatic heterocycles. The first kappa shape index (κ1) is 10.6. The minimum absolute atomic E-state index is 0.287. The number of aromatic nitrogens is 4. The number of benzene rings is 1. The number of nitrogens with zero attached hydrogens (tertiary/aromatic N) is 4. The SMILES string of the molecule is Cc1nc2ncnn2c(N)c1-c1ccc(F)cc1. The van der Waals surface area contributed by atoms with Crippen molar-refractivity contribution < 1.29 is 4.39 Å². The number of anilines is 1. The molecule has 2 heterocycles. The molecular formula is C12H10FN5. The lowest BCUT2D eigenvalue weighted by Crippen LogP contribution is -2.05. The molecule has 90 valence electrons. The van der Waals surface area contributed by atoms with Crippen LogP contribution in [0.3, 0.4) is 0 Å². The molecule has 0 aliphatic carbocycles. The van der Waals surface area contributed by atoms with Crippen molar-refractivity contribution in [1.82, 2.24) is 19.6 Å². The molecule has 0 aliphatic rings. The lowest BCUT2D eigenvalue weighted by atomic mass is 10.1. The summed E-state index contributed by atoms with van der Waals surface area (Å²) >= 11 is 0. The molecule has 6 heteroatoms. The van der Waals surface area contributed by atoms with E-state index in [1.165, 1.54) is 23.0 Å². The Bertz CT molecular complexity index is 717. The van der Waals surface area contributed by atoms with E-state index >= 15 is 0 Å². The van der Waals surface area contributed by atoms with Crippen molar-refractivity contribution in [2.45, 2.75) is 6.92 Å². The largest absolute Gasteiger partial charge is 0.383 e. The Morgan fingerprint density at radius 2 is 1.94 bits per heavy atom. The fraction of sp³-hybridized carbons (Fsp3) is 0.0833. The summed E-state index contributed by atoms with van der Waals surface area (Å²) in [5.74, 6) is 0.613. The molecule has 0 amide bonds. The third-order valence-electron chi connectivity index (χ3n) is 2.78. The van der Waals surface area contributed by atoms with E-state index in [0.29, 0.717) is 11.6 Å². The second-order valence-corrected chi connectivity index (χ2v) is 3.94. The van der Waals surface area contributed by atoms with Crippen LogP contribution in [0.15, 0.2) is 30.6 Å². The highest BCUT2D eigenvalue weighted by Crippen LogP contribution is 2.28. The molecule has 0 radical (unpaired) electrons. The Balaban J connectivity index is 2.30. The van der Waals surface area contributed by atoms with Crippen molar-refractivity contribution in [3.8, 4) is 11.1 Å². The number of hydrogen-bond acceptors (Lipinski definition) is 4. The van der Waals surface area contributed by atoms with Crippen LogP contribution in [0.4, 0.5) is 10.2 Å². The summed E-state index contributed by atoms with van der Waals surface area (Å²) in [6.45, 7) is 1.84. The summed E-state index contributed by atoms with van der Waals surface area (Å²) in [5, 5.41) is 4.01. The average Bonchev–Trinajstić information content (AvgIpc) is 2.80. The molecule has 1 aromatic carbocycles. The molecule has 3 aromatic rings. The summed E-state index contributed by atoms with van der Waals surface area (Å²) in [7, 11) is 0. The maximum atomic E-state index is 12.9. The summed E-state index contributed by atoms with van der Waals surface area (Å²) in [4.78, 5) is 8.30. The zero-order valence-corrected chi connectivity index (χ0v) is 9.63. The number of nitrogen functional groups attached to an aromatic ring is 1. The van der Waals surface area contributed by atoms with E-state index in [9.17, 15) is 4.39 Å². The number of fused-ring (bicyclic) bond motifs is 1. The van der Waals surface area contributed by atoms with Crippen molar-refractivity contribution in [3.63, 3.8) is 0 Å². The first-order valence-electron chi connectivity index (χ1n) is 5.38. The topological polar surface area (TPSA) is 69.1 Å². The van der Waals surface area contributed by atoms with E-state index in [2.05, 4.69) is 15.1 Å². The van der Waals surface area contributed by atoms with Gasteiger partial charge in [0.05, 0.1) is 5.69 Å². The summed E-state index contributed by atoms with van der Waals surface area (Å²) in [6, 6.07) is 6.11. The second kappa shape index (κ2) is 3.76. The molecule has 0 unspecified atom stereocenters. The lowest BCUT2D eigenvalue weighted by Gasteiger charge is -2.09. The first-order chi connectivity index (χ1) is 8.66. The van der Waals surface area contributed by atoms with Crippen molar-refractivity contribution in [2.75, 3.05) is 5.73 Å². The molecular weight excluding hydrogens is 233 g/mol. The number of hydrogen-bond donors (Lipinski definition) is 1. The van der Waals surface area contributed by atoms with E-state index in [0.717, 1.165) is 16.8 Å². The van der Waals surface area contributed by atoms with Gasteiger partial charge in [-0.15, -0.1) is 0 Å². The van der Waals surface area contributed by atoms with Gasteiger partial charge in [-0.25, -0.2) is 9.37 Å². The lowest BCUT2D eigenvalue weighted by molar-refractivity contribution is 0.628. The standard InChI is InChI=1S/C12H10FN5/c1-7-10(8-2-4-9(13)5-3-8)11(14)18-12(17-7)15-6-16-18/h2-6H,14H2,1H3. The van der Waals surface area contributed by atoms with Crippen LogP contribution in [0.1, 0.15) is 5.69 Å². The van der Waals surface area contributed by atoms with Gasteiger partial charge in [-0.2, -0.15) is 14.6 Å². The van der Waals surface area contributed by atoms with Gasteiger partial charge in [0.15, 0.2) is 0 Å². The molecule has 0 saturated heterocycles. The highest BCUT2D eigenvalue weighted by molar-refractivity contribution is 5.77. The van der Waals surface area contributed by atoms with Gasteiger partial charge in [0.2, 0.25) is 0 Å². The van der Waals surface area contributed by atoms with Crippen LogP contribution in [0.2, 0.25) is 0 Å². The van der Waals surface area contributed by atoms with Gasteiger partial charge in [-0.1, -0.05) is 12.1 Å². The Hall–Kier alpha value is -2.50. The van der Waals surface area contributed by atoms with Gasteiger partial charge >= 0.3 is 0 Å². The highest BCUT2D eigenvalue weighted by Gasteiger charge is 2.13. The van der Waals surface area contributed by atoms with Crippen LogP contribution < -0.4 is 5.73 Å². The predicted octanol–water partition coefficient (Wildman–Crippen LogP) is 1.82. The normalized spacial score (nSPS) is 11.0. The van der Waals surface area contributed by atoms with E-state index in [1.807, 2.05) is 6.92 Å². The molecule has 2 aromatic heterocycles. The van der Waals surface area contributed by atoms with Gasteiger partial charge in [-0.3, -0.25) is 0 Å². The van der Waals surface area contributed by atoms with Crippen LogP contribution >= 0.6 is 0 Å². The van der Waals surface area contributed by atoms with Gasteiger partial charge in [0.1, 0.15) is 18.0 Å². The van der Waals surface area contributed by atoms with Crippen LogP contribution in [-0.4, -0.2) is 19.6 Å². The average molecular weight is 243 g/mol. The zero-order valence-electron chi connectivity index (χ0n) is 9.63. The van der Waals surface area contributed by atoms with Gasteiger partial charge < -0.3 is 5.73 Å². The molecule has 18 heavy (non-hydrogen) atoms. The molecule has 0 saturated carbocycles. The maximum Gasteiger partial charge on any atom is 0.254 e. The summed E-state index contributed by atoms with van der Waals surface area (Å²) < 4.78 is 14.4. The number of nitrogens with two attached hydrogens (primary N) is 1. The van der Waals surface area contributed by atoms with Crippen LogP contribution in [0, 0.1) is 12.7 Å². The maximum absolute atomic E-state index is 12.9. The third kappa shape index (κ3) is 1.50. The Morgan fingerprint density at radius 3 is 2.67 bits per heavy atom. The van der Waals surface area contributed by atoms with Crippen molar-refractivity contribution in [1.29, 1.82) is 0 Å². The fourth-order valence-electron chi connectivity index (χ4n) is 1.95. The highest BCUT2D eigenvalue weighted by atomic mass is 19.1. The number of rotatable bonds is 1. The number of aryl methyl sites for hydroxylation is 1. The Kier molecular flexibility index (Phi) is 2.22. The predicted molar refractivity (Wildman–Crippen MR) is 65.3 cm³/mol. The van der Waals surface area contributed by atoms with E-state index in [4.69, 9.17) is 5.73 Å². The van der Waals surface area contributed by atoms with E-state index in [1.54, 1.807) is 12.1 Å². The van der Waals surface area contributed by atoms with Crippen molar-refractivity contribution in [2.24, 2.45) is 0 Å². The van der Waals surface area contributed by atoms with Crippen LogP contribution in [-0.2, 0) is 0 Å². The van der Waals surface area contributed by atoms with Crippen molar-refractivity contribution in [3.05, 3.63) is 42.1 Å². The minimum atomic E-state index is -0.287. The quantitative estimate of drug-likeness (QED) is 0.707. The Labute approximate surface area is 102 Å². The van der Waals surface area contributed by atoms with Crippen LogP contribution in [0.25, 0.3) is 16.9 Å². The molecule has 0 spiro atoms. The smallest absolute Gasteiger partial charge is 0.254 e. The zero-order chi connectivity index (χ0) is 12.7. The molecule has 0 atom stereocenters. The molecule has 0 bridgehead atoms. The van der Waals surface area contributed by atoms with E-state index in [-0.39, 0.29) is 5.82 Å². The minimum Gasteiger partial charge on any atom is -0.383 e. The monoisotopic (exact) mass is 243 g/mol. The summed E-state index contributed by atoms with van der Waals surface area (Å²) in [5.41, 5.74) is 8.34. The molecule has 5 nitrogen and oxygen atoms in total. The molecule has 0 fully saturated rings. The van der Waals surface area contributed by atoms with Crippen molar-refractivity contribution >= 4 is 11.6 Å². The third-order valence-corrected chi connectivity index (χ3v) is 2.78. The number of halogens is 1.